The van der Waals surface area contributed by atoms with Crippen LogP contribution in [0.1, 0.15) is 5.56 Å². The lowest BCUT2D eigenvalue weighted by Crippen LogP contribution is -2.35. The number of halogens is 3. The van der Waals surface area contributed by atoms with Crippen molar-refractivity contribution < 1.29 is 9.53 Å². The maximum atomic E-state index is 12.3. The van der Waals surface area contributed by atoms with Gasteiger partial charge in [-0.05, 0) is 93.5 Å². The minimum Gasteiger partial charge on any atom is -0.478 e. The van der Waals surface area contributed by atoms with Gasteiger partial charge in [-0.25, -0.2) is 0 Å². The van der Waals surface area contributed by atoms with Gasteiger partial charge in [0.25, 0.3) is 5.91 Å². The van der Waals surface area contributed by atoms with Crippen molar-refractivity contribution in [2.45, 2.75) is 12.5 Å². The number of hydrogen-bond acceptors (Lipinski definition) is 3. The fraction of sp³-hybridized carbons (Fsp3) is 0.0645. The van der Waals surface area contributed by atoms with E-state index in [1.54, 1.807) is 11.3 Å². The van der Waals surface area contributed by atoms with Crippen molar-refractivity contribution in [3.63, 3.8) is 0 Å². The Morgan fingerprint density at radius 2 is 1.42 bits per heavy atom. The Bertz CT molecular complexity index is 1830. The normalized spacial score (nSPS) is 12.3. The quantitative estimate of drug-likeness (QED) is 0.187. The summed E-state index contributed by atoms with van der Waals surface area (Å²) < 4.78 is 11.2. The lowest BCUT2D eigenvalue weighted by molar-refractivity contribution is -0.124. The molecule has 0 saturated heterocycles. The van der Waals surface area contributed by atoms with Gasteiger partial charge in [0, 0.05) is 26.4 Å². The van der Waals surface area contributed by atoms with Crippen LogP contribution in [0, 0.1) is 0 Å². The van der Waals surface area contributed by atoms with E-state index in [9.17, 15) is 4.79 Å². The third-order valence-electron chi connectivity index (χ3n) is 6.61. The number of hydrogen-bond donors (Lipinski definition) is 1. The van der Waals surface area contributed by atoms with Crippen LogP contribution in [0.4, 0.5) is 0 Å². The van der Waals surface area contributed by atoms with Crippen LogP contribution < -0.4 is 10.5 Å². The second-order valence-corrected chi connectivity index (χ2v) is 12.6. The monoisotopic (exact) mass is 707 g/mol. The molecule has 38 heavy (non-hydrogen) atoms. The molecule has 6 rings (SSSR count). The number of carbonyl (C=O) groups excluding carboxylic acids is 1. The SMILES string of the molecule is NC(=O)[C@@H](Cc1ccccc1)Oc1c(Br)cc(-c2c3ccccc3c(Br)c3sc4ccccc4c23)cc1Br. The van der Waals surface area contributed by atoms with Crippen molar-refractivity contribution in [2.75, 3.05) is 0 Å². The Kier molecular flexibility index (Phi) is 7.03. The summed E-state index contributed by atoms with van der Waals surface area (Å²) in [5.74, 6) is 0.0309. The highest BCUT2D eigenvalue weighted by molar-refractivity contribution is 9.11. The molecule has 0 aliphatic carbocycles. The van der Waals surface area contributed by atoms with Gasteiger partial charge in [0.05, 0.1) is 13.6 Å². The Hall–Kier alpha value is -2.71. The summed E-state index contributed by atoms with van der Waals surface area (Å²) in [6, 6.07) is 30.8. The van der Waals surface area contributed by atoms with Gasteiger partial charge in [0.15, 0.2) is 6.10 Å². The van der Waals surface area contributed by atoms with Crippen molar-refractivity contribution >= 4 is 96.0 Å². The Balaban J connectivity index is 1.52. The van der Waals surface area contributed by atoms with Gasteiger partial charge in [-0.1, -0.05) is 72.8 Å². The molecule has 1 atom stereocenters. The highest BCUT2D eigenvalue weighted by Crippen LogP contribution is 2.50. The highest BCUT2D eigenvalue weighted by atomic mass is 79.9. The van der Waals surface area contributed by atoms with E-state index in [4.69, 9.17) is 10.5 Å². The molecule has 7 heteroatoms. The number of nitrogens with two attached hydrogens (primary N) is 1. The molecule has 0 saturated carbocycles. The molecule has 0 unspecified atom stereocenters. The van der Waals surface area contributed by atoms with Gasteiger partial charge in [-0.15, -0.1) is 11.3 Å². The van der Waals surface area contributed by atoms with E-state index in [2.05, 4.69) is 108 Å². The molecule has 0 fully saturated rings. The van der Waals surface area contributed by atoms with Crippen molar-refractivity contribution in [2.24, 2.45) is 5.73 Å². The van der Waals surface area contributed by atoms with Crippen LogP contribution in [0.3, 0.4) is 0 Å². The summed E-state index contributed by atoms with van der Waals surface area (Å²) in [5, 5.41) is 4.74. The van der Waals surface area contributed by atoms with Crippen molar-refractivity contribution in [1.82, 2.24) is 0 Å². The van der Waals surface area contributed by atoms with E-state index < -0.39 is 12.0 Å². The van der Waals surface area contributed by atoms with E-state index in [0.29, 0.717) is 12.2 Å². The average molecular weight is 710 g/mol. The first kappa shape index (κ1) is 25.6. The molecule has 0 spiro atoms. The van der Waals surface area contributed by atoms with Gasteiger partial charge in [-0.2, -0.15) is 0 Å². The van der Waals surface area contributed by atoms with Crippen LogP contribution in [-0.2, 0) is 11.2 Å². The molecule has 2 N–H and O–H groups in total. The average Bonchev–Trinajstić information content (AvgIpc) is 3.30. The fourth-order valence-electron chi connectivity index (χ4n) is 4.89. The number of amides is 1. The minimum absolute atomic E-state index is 0.385. The molecular formula is C31H20Br3NO2S. The predicted octanol–water partition coefficient (Wildman–Crippen LogP) is 9.64. The summed E-state index contributed by atoms with van der Waals surface area (Å²) in [6.45, 7) is 0. The molecule has 6 aromatic rings. The molecule has 3 nitrogen and oxygen atoms in total. The van der Waals surface area contributed by atoms with Gasteiger partial charge in [-0.3, -0.25) is 4.79 Å². The van der Waals surface area contributed by atoms with Crippen molar-refractivity contribution in [1.29, 1.82) is 0 Å². The maximum Gasteiger partial charge on any atom is 0.258 e. The van der Waals surface area contributed by atoms with E-state index >= 15 is 0 Å². The molecule has 0 aliphatic rings. The third kappa shape index (κ3) is 4.56. The Morgan fingerprint density at radius 3 is 2.11 bits per heavy atom. The maximum absolute atomic E-state index is 12.3. The summed E-state index contributed by atoms with van der Waals surface area (Å²) in [7, 11) is 0. The van der Waals surface area contributed by atoms with Gasteiger partial charge < -0.3 is 10.5 Å². The summed E-state index contributed by atoms with van der Waals surface area (Å²) >= 11 is 13.1. The van der Waals surface area contributed by atoms with Crippen molar-refractivity contribution in [3.05, 3.63) is 110 Å². The topological polar surface area (TPSA) is 52.3 Å². The summed E-state index contributed by atoms with van der Waals surface area (Å²) in [6.07, 6.45) is -0.424. The van der Waals surface area contributed by atoms with E-state index in [1.165, 1.54) is 20.2 Å². The second kappa shape index (κ2) is 10.5. The number of carbonyl (C=O) groups is 1. The minimum atomic E-state index is -0.808. The first-order valence-electron chi connectivity index (χ1n) is 11.9. The molecule has 1 aromatic heterocycles. The molecule has 5 aromatic carbocycles. The first-order chi connectivity index (χ1) is 18.4. The standard InChI is InChI=1S/C31H20Br3NO2S/c32-22-15-18(16-23(33)29(22)37-24(31(35)36)14-17-8-2-1-3-9-17)26-19-10-4-5-11-20(19)28(34)30-27(26)21-12-6-7-13-25(21)38-30/h1-13,15-16,24H,14H2,(H2,35,36)/t24-/m1/s1. The molecule has 0 bridgehead atoms. The molecule has 1 amide bonds. The van der Waals surface area contributed by atoms with Gasteiger partial charge in [0.2, 0.25) is 0 Å². The smallest absolute Gasteiger partial charge is 0.258 e. The van der Waals surface area contributed by atoms with Gasteiger partial charge >= 0.3 is 0 Å². The van der Waals surface area contributed by atoms with E-state index in [1.807, 2.05) is 30.3 Å². The Labute approximate surface area is 249 Å². The van der Waals surface area contributed by atoms with Crippen molar-refractivity contribution in [3.8, 4) is 16.9 Å². The zero-order chi connectivity index (χ0) is 26.4. The number of rotatable bonds is 6. The largest absolute Gasteiger partial charge is 0.478 e. The molecule has 0 radical (unpaired) electrons. The van der Waals surface area contributed by atoms with Crippen LogP contribution in [0.15, 0.2) is 104 Å². The van der Waals surface area contributed by atoms with Crippen LogP contribution in [-0.4, -0.2) is 12.0 Å². The summed E-state index contributed by atoms with van der Waals surface area (Å²) in [4.78, 5) is 12.3. The zero-order valence-corrected chi connectivity index (χ0v) is 25.5. The number of primary amides is 1. The second-order valence-electron chi connectivity index (χ2n) is 9.00. The zero-order valence-electron chi connectivity index (χ0n) is 19.9. The molecule has 188 valence electrons. The highest BCUT2D eigenvalue weighted by Gasteiger charge is 2.23. The Morgan fingerprint density at radius 1 is 0.816 bits per heavy atom. The predicted molar refractivity (Wildman–Crippen MR) is 169 cm³/mol. The molecule has 0 aliphatic heterocycles. The van der Waals surface area contributed by atoms with Crippen LogP contribution in [0.5, 0.6) is 5.75 Å². The summed E-state index contributed by atoms with van der Waals surface area (Å²) in [5.41, 5.74) is 8.90. The van der Waals surface area contributed by atoms with Crippen LogP contribution in [0.25, 0.3) is 42.1 Å². The lowest BCUT2D eigenvalue weighted by Gasteiger charge is -2.20. The van der Waals surface area contributed by atoms with E-state index in [-0.39, 0.29) is 0 Å². The number of thiophene rings is 1. The van der Waals surface area contributed by atoms with Crippen LogP contribution in [0.2, 0.25) is 0 Å². The lowest BCUT2D eigenvalue weighted by atomic mass is 9.93. The molecule has 1 heterocycles. The van der Waals surface area contributed by atoms with Crippen LogP contribution >= 0.6 is 59.1 Å². The number of ether oxygens (including phenoxy) is 1. The fourth-order valence-corrected chi connectivity index (χ4v) is 8.21. The third-order valence-corrected chi connectivity index (χ3v) is 10.1. The number of benzene rings is 5. The van der Waals surface area contributed by atoms with Gasteiger partial charge in [0.1, 0.15) is 5.75 Å². The molecular weight excluding hydrogens is 690 g/mol. The van der Waals surface area contributed by atoms with E-state index in [0.717, 1.165) is 40.9 Å². The number of fused-ring (bicyclic) bond motifs is 4. The first-order valence-corrected chi connectivity index (χ1v) is 15.1.